The van der Waals surface area contributed by atoms with Crippen molar-refractivity contribution in [2.75, 3.05) is 7.05 Å². The van der Waals surface area contributed by atoms with E-state index < -0.39 is 0 Å². The van der Waals surface area contributed by atoms with Crippen LogP contribution in [0.2, 0.25) is 10.0 Å². The Morgan fingerprint density at radius 2 is 1.80 bits per heavy atom. The van der Waals surface area contributed by atoms with Gasteiger partial charge in [0.25, 0.3) is 5.91 Å². The summed E-state index contributed by atoms with van der Waals surface area (Å²) in [5.41, 5.74) is 1.66. The van der Waals surface area contributed by atoms with Crippen molar-refractivity contribution >= 4 is 29.1 Å². The molecule has 0 saturated carbocycles. The van der Waals surface area contributed by atoms with Crippen molar-refractivity contribution in [3.05, 3.63) is 75.8 Å². The molecule has 0 aliphatic rings. The van der Waals surface area contributed by atoms with E-state index in [1.54, 1.807) is 41.8 Å². The van der Waals surface area contributed by atoms with Gasteiger partial charge < -0.3 is 4.90 Å². The fourth-order valence-electron chi connectivity index (χ4n) is 2.43. The third kappa shape index (κ3) is 3.83. The number of amides is 1. The zero-order valence-corrected chi connectivity index (χ0v) is 15.3. The van der Waals surface area contributed by atoms with Crippen LogP contribution in [0.25, 0.3) is 5.69 Å². The first-order valence-corrected chi connectivity index (χ1v) is 8.40. The van der Waals surface area contributed by atoms with Crippen LogP contribution in [0.4, 0.5) is 0 Å². The monoisotopic (exact) mass is 374 g/mol. The summed E-state index contributed by atoms with van der Waals surface area (Å²) < 4.78 is 1.62. The average molecular weight is 375 g/mol. The number of carbonyl (C=O) groups is 1. The van der Waals surface area contributed by atoms with E-state index in [1.165, 1.54) is 0 Å². The Bertz CT molecular complexity index is 906. The molecule has 0 aliphatic heterocycles. The molecule has 0 atom stereocenters. The third-order valence-corrected chi connectivity index (χ3v) is 4.36. The largest absolute Gasteiger partial charge is 0.335 e. The molecule has 0 fully saturated rings. The molecule has 0 aliphatic carbocycles. The maximum Gasteiger partial charge on any atom is 0.293 e. The van der Waals surface area contributed by atoms with Crippen molar-refractivity contribution < 1.29 is 4.79 Å². The zero-order chi connectivity index (χ0) is 18.0. The summed E-state index contributed by atoms with van der Waals surface area (Å²) >= 11 is 12.1. The minimum Gasteiger partial charge on any atom is -0.335 e. The van der Waals surface area contributed by atoms with Crippen LogP contribution < -0.4 is 0 Å². The van der Waals surface area contributed by atoms with E-state index in [9.17, 15) is 4.79 Å². The maximum atomic E-state index is 12.6. The second kappa shape index (κ2) is 7.25. The summed E-state index contributed by atoms with van der Waals surface area (Å²) in [4.78, 5) is 18.5. The Labute approximate surface area is 155 Å². The second-order valence-electron chi connectivity index (χ2n) is 5.62. The molecule has 1 amide bonds. The van der Waals surface area contributed by atoms with Gasteiger partial charge >= 0.3 is 0 Å². The van der Waals surface area contributed by atoms with E-state index in [-0.39, 0.29) is 11.7 Å². The number of carbonyl (C=O) groups excluding carboxylic acids is 1. The van der Waals surface area contributed by atoms with E-state index >= 15 is 0 Å². The van der Waals surface area contributed by atoms with Crippen LogP contribution in [0, 0.1) is 6.92 Å². The first-order valence-electron chi connectivity index (χ1n) is 7.64. The number of hydrogen-bond acceptors (Lipinski definition) is 3. The lowest BCUT2D eigenvalue weighted by atomic mass is 10.2. The molecule has 2 aromatic carbocycles. The predicted octanol–water partition coefficient (Wildman–Crippen LogP) is 4.15. The van der Waals surface area contributed by atoms with Gasteiger partial charge in [-0.25, -0.2) is 9.67 Å². The van der Waals surface area contributed by atoms with E-state index in [1.807, 2.05) is 30.3 Å². The highest BCUT2D eigenvalue weighted by Gasteiger charge is 2.19. The summed E-state index contributed by atoms with van der Waals surface area (Å²) in [6.45, 7) is 2.18. The lowest BCUT2D eigenvalue weighted by molar-refractivity contribution is 0.0773. The molecule has 0 radical (unpaired) electrons. The van der Waals surface area contributed by atoms with Crippen LogP contribution in [0.1, 0.15) is 22.0 Å². The van der Waals surface area contributed by atoms with Gasteiger partial charge in [-0.15, -0.1) is 5.10 Å². The molecule has 5 nitrogen and oxygen atoms in total. The summed E-state index contributed by atoms with van der Waals surface area (Å²) in [6.07, 6.45) is 0. The molecule has 0 unspecified atom stereocenters. The molecule has 1 heterocycles. The van der Waals surface area contributed by atoms with Crippen molar-refractivity contribution in [3.63, 3.8) is 0 Å². The van der Waals surface area contributed by atoms with Gasteiger partial charge in [0.1, 0.15) is 5.82 Å². The maximum absolute atomic E-state index is 12.6. The van der Waals surface area contributed by atoms with Gasteiger partial charge in [-0.3, -0.25) is 4.79 Å². The number of benzene rings is 2. The molecule has 0 saturated heterocycles. The highest BCUT2D eigenvalue weighted by Crippen LogP contribution is 2.18. The first-order chi connectivity index (χ1) is 12.0. The van der Waals surface area contributed by atoms with Crippen LogP contribution in [0.5, 0.6) is 0 Å². The van der Waals surface area contributed by atoms with Gasteiger partial charge in [-0.05, 0) is 42.8 Å². The number of aryl methyl sites for hydroxylation is 1. The van der Waals surface area contributed by atoms with Crippen LogP contribution in [-0.4, -0.2) is 32.6 Å². The van der Waals surface area contributed by atoms with Crippen molar-refractivity contribution in [1.82, 2.24) is 19.7 Å². The summed E-state index contributed by atoms with van der Waals surface area (Å²) in [5.74, 6) is 0.495. The van der Waals surface area contributed by atoms with Gasteiger partial charge in [0.2, 0.25) is 5.82 Å². The number of hydrogen-bond donors (Lipinski definition) is 0. The fourth-order valence-corrected chi connectivity index (χ4v) is 2.75. The van der Waals surface area contributed by atoms with Crippen molar-refractivity contribution in [3.8, 4) is 5.69 Å². The standard InChI is InChI=1S/C18H16Cl2N4O/c1-12-21-17(22-24(12)15-9-7-14(19)8-10-15)18(25)23(2)11-13-5-3-4-6-16(13)20/h3-10H,11H2,1-2H3. The first kappa shape index (κ1) is 17.5. The molecule has 3 rings (SSSR count). The molecule has 25 heavy (non-hydrogen) atoms. The SMILES string of the molecule is Cc1nc(C(=O)N(C)Cc2ccccc2Cl)nn1-c1ccc(Cl)cc1. The van der Waals surface area contributed by atoms with Gasteiger partial charge in [-0.1, -0.05) is 41.4 Å². The third-order valence-electron chi connectivity index (χ3n) is 3.74. The molecule has 128 valence electrons. The van der Waals surface area contributed by atoms with Gasteiger partial charge in [-0.2, -0.15) is 0 Å². The molecular formula is C18H16Cl2N4O. The minimum atomic E-state index is -0.268. The van der Waals surface area contributed by atoms with Crippen molar-refractivity contribution in [1.29, 1.82) is 0 Å². The number of rotatable bonds is 4. The zero-order valence-electron chi connectivity index (χ0n) is 13.8. The van der Waals surface area contributed by atoms with Gasteiger partial charge in [0.05, 0.1) is 5.69 Å². The van der Waals surface area contributed by atoms with Crippen molar-refractivity contribution in [2.45, 2.75) is 13.5 Å². The smallest absolute Gasteiger partial charge is 0.293 e. The lowest BCUT2D eigenvalue weighted by Crippen LogP contribution is -2.27. The fraction of sp³-hybridized carbons (Fsp3) is 0.167. The summed E-state index contributed by atoms with van der Waals surface area (Å²) in [6, 6.07) is 14.6. The lowest BCUT2D eigenvalue weighted by Gasteiger charge is -2.16. The van der Waals surface area contributed by atoms with Gasteiger partial charge in [0.15, 0.2) is 0 Å². The Morgan fingerprint density at radius 3 is 2.48 bits per heavy atom. The van der Waals surface area contributed by atoms with E-state index in [4.69, 9.17) is 23.2 Å². The molecule has 7 heteroatoms. The molecule has 3 aromatic rings. The quantitative estimate of drug-likeness (QED) is 0.688. The molecule has 0 spiro atoms. The average Bonchev–Trinajstić information content (AvgIpc) is 2.98. The molecule has 0 bridgehead atoms. The normalized spacial score (nSPS) is 10.7. The minimum absolute atomic E-state index is 0.141. The molecule has 1 aromatic heterocycles. The Kier molecular flexibility index (Phi) is 5.06. The van der Waals surface area contributed by atoms with Gasteiger partial charge in [0, 0.05) is 23.6 Å². The summed E-state index contributed by atoms with van der Waals surface area (Å²) in [7, 11) is 1.70. The van der Waals surface area contributed by atoms with E-state index in [0.717, 1.165) is 11.3 Å². The van der Waals surface area contributed by atoms with Crippen molar-refractivity contribution in [2.24, 2.45) is 0 Å². The predicted molar refractivity (Wildman–Crippen MR) is 98.4 cm³/mol. The Hall–Kier alpha value is -2.37. The van der Waals surface area contributed by atoms with Crippen LogP contribution in [0.3, 0.4) is 0 Å². The molecular weight excluding hydrogens is 359 g/mol. The Balaban J connectivity index is 1.82. The van der Waals surface area contributed by atoms with Crippen LogP contribution in [-0.2, 0) is 6.54 Å². The van der Waals surface area contributed by atoms with E-state index in [0.29, 0.717) is 22.4 Å². The number of halogens is 2. The second-order valence-corrected chi connectivity index (χ2v) is 6.47. The van der Waals surface area contributed by atoms with E-state index in [2.05, 4.69) is 10.1 Å². The highest BCUT2D eigenvalue weighted by molar-refractivity contribution is 6.31. The highest BCUT2D eigenvalue weighted by atomic mass is 35.5. The number of nitrogens with zero attached hydrogens (tertiary/aromatic N) is 4. The van der Waals surface area contributed by atoms with Crippen LogP contribution >= 0.6 is 23.2 Å². The molecule has 0 N–H and O–H groups in total. The Morgan fingerprint density at radius 1 is 1.12 bits per heavy atom. The van der Waals surface area contributed by atoms with Crippen LogP contribution in [0.15, 0.2) is 48.5 Å². The topological polar surface area (TPSA) is 51.0 Å². The number of aromatic nitrogens is 3. The summed E-state index contributed by atoms with van der Waals surface area (Å²) in [5, 5.41) is 5.59.